The molecule has 0 saturated carbocycles. The van der Waals surface area contributed by atoms with Crippen molar-refractivity contribution < 1.29 is 4.79 Å². The molecule has 0 atom stereocenters. The van der Waals surface area contributed by atoms with Crippen molar-refractivity contribution in [1.82, 2.24) is 9.55 Å². The highest BCUT2D eigenvalue weighted by Crippen LogP contribution is 2.38. The Morgan fingerprint density at radius 1 is 1.00 bits per heavy atom. The van der Waals surface area contributed by atoms with Gasteiger partial charge in [0.1, 0.15) is 6.33 Å². The smallest absolute Gasteiger partial charge is 0.265 e. The normalized spacial score (nSPS) is 12.6. The summed E-state index contributed by atoms with van der Waals surface area (Å²) in [7, 11) is 0. The third-order valence-electron chi connectivity index (χ3n) is 5.99. The third kappa shape index (κ3) is 2.97. The van der Waals surface area contributed by atoms with Gasteiger partial charge in [-0.25, -0.2) is 4.98 Å². The van der Waals surface area contributed by atoms with Gasteiger partial charge in [-0.1, -0.05) is 42.0 Å². The Morgan fingerprint density at radius 2 is 1.81 bits per heavy atom. The Morgan fingerprint density at radius 3 is 2.61 bits per heavy atom. The van der Waals surface area contributed by atoms with E-state index in [4.69, 9.17) is 5.73 Å². The lowest BCUT2D eigenvalue weighted by molar-refractivity contribution is 0.0999. The SMILES string of the molecule is CC1=Cc2c(-c3cccc(-n4cnc5ccccc5c4=O)c3C)ccc(C(N)=O)c2C1. The summed E-state index contributed by atoms with van der Waals surface area (Å²) in [6.45, 7) is 4.06. The monoisotopic (exact) mass is 407 g/mol. The Kier molecular flexibility index (Phi) is 4.33. The van der Waals surface area contributed by atoms with Gasteiger partial charge in [0.15, 0.2) is 0 Å². The van der Waals surface area contributed by atoms with Crippen LogP contribution in [0, 0.1) is 6.92 Å². The first-order chi connectivity index (χ1) is 15.0. The quantitative estimate of drug-likeness (QED) is 0.546. The summed E-state index contributed by atoms with van der Waals surface area (Å²) in [5, 5.41) is 0.583. The van der Waals surface area contributed by atoms with E-state index < -0.39 is 5.91 Å². The van der Waals surface area contributed by atoms with Crippen molar-refractivity contribution in [2.45, 2.75) is 20.3 Å². The molecular formula is C26H21N3O2. The highest BCUT2D eigenvalue weighted by molar-refractivity contribution is 5.98. The average molecular weight is 407 g/mol. The molecule has 0 unspecified atom stereocenters. The number of benzene rings is 3. The van der Waals surface area contributed by atoms with E-state index >= 15 is 0 Å². The lowest BCUT2D eigenvalue weighted by Crippen LogP contribution is -2.19. The Balaban J connectivity index is 1.73. The van der Waals surface area contributed by atoms with E-state index in [0.29, 0.717) is 22.9 Å². The maximum absolute atomic E-state index is 13.1. The second-order valence-electron chi connectivity index (χ2n) is 7.97. The van der Waals surface area contributed by atoms with Crippen molar-refractivity contribution >= 4 is 22.9 Å². The number of carbonyl (C=O) groups excluding carboxylic acids is 1. The first-order valence-electron chi connectivity index (χ1n) is 10.2. The van der Waals surface area contributed by atoms with Gasteiger partial charge in [0.2, 0.25) is 5.91 Å². The van der Waals surface area contributed by atoms with Crippen molar-refractivity contribution in [1.29, 1.82) is 0 Å². The van der Waals surface area contributed by atoms with Crippen LogP contribution in [0.1, 0.15) is 34.0 Å². The average Bonchev–Trinajstić information content (AvgIpc) is 3.15. The van der Waals surface area contributed by atoms with Crippen LogP contribution < -0.4 is 11.3 Å². The van der Waals surface area contributed by atoms with E-state index in [0.717, 1.165) is 33.5 Å². The first kappa shape index (κ1) is 19.0. The maximum atomic E-state index is 13.1. The molecule has 0 fully saturated rings. The van der Waals surface area contributed by atoms with Gasteiger partial charge in [-0.3, -0.25) is 14.2 Å². The molecule has 4 aromatic rings. The molecule has 31 heavy (non-hydrogen) atoms. The summed E-state index contributed by atoms with van der Waals surface area (Å²) < 4.78 is 1.60. The molecular weight excluding hydrogens is 386 g/mol. The largest absolute Gasteiger partial charge is 0.366 e. The molecule has 2 N–H and O–H groups in total. The number of allylic oxidation sites excluding steroid dienone is 1. The fourth-order valence-corrected chi connectivity index (χ4v) is 4.48. The topological polar surface area (TPSA) is 78.0 Å². The Bertz CT molecular complexity index is 1480. The van der Waals surface area contributed by atoms with Gasteiger partial charge in [-0.05, 0) is 72.4 Å². The molecule has 1 aliphatic carbocycles. The molecule has 0 spiro atoms. The number of amides is 1. The second-order valence-corrected chi connectivity index (χ2v) is 7.97. The molecule has 0 aliphatic heterocycles. The third-order valence-corrected chi connectivity index (χ3v) is 5.99. The Hall–Kier alpha value is -3.99. The number of aromatic nitrogens is 2. The minimum absolute atomic E-state index is 0.101. The predicted molar refractivity (Wildman–Crippen MR) is 123 cm³/mol. The van der Waals surface area contributed by atoms with Crippen LogP contribution >= 0.6 is 0 Å². The van der Waals surface area contributed by atoms with Gasteiger partial charge in [0.05, 0.1) is 16.6 Å². The maximum Gasteiger partial charge on any atom is 0.265 e. The molecule has 1 amide bonds. The van der Waals surface area contributed by atoms with Crippen LogP contribution in [0.3, 0.4) is 0 Å². The number of hydrogen-bond acceptors (Lipinski definition) is 3. The zero-order chi connectivity index (χ0) is 21.7. The van der Waals surface area contributed by atoms with Crippen molar-refractivity contribution in [3.8, 4) is 16.8 Å². The van der Waals surface area contributed by atoms with Crippen molar-refractivity contribution in [2.75, 3.05) is 0 Å². The minimum Gasteiger partial charge on any atom is -0.366 e. The van der Waals surface area contributed by atoms with E-state index in [2.05, 4.69) is 18.0 Å². The molecule has 0 bridgehead atoms. The van der Waals surface area contributed by atoms with Crippen LogP contribution in [0.15, 0.2) is 71.3 Å². The fourth-order valence-electron chi connectivity index (χ4n) is 4.48. The summed E-state index contributed by atoms with van der Waals surface area (Å²) in [5.41, 5.74) is 13.7. The molecule has 1 aromatic heterocycles. The number of carbonyl (C=O) groups is 1. The lowest BCUT2D eigenvalue weighted by atomic mass is 9.90. The van der Waals surface area contributed by atoms with Crippen LogP contribution in [0.2, 0.25) is 0 Å². The predicted octanol–water partition coefficient (Wildman–Crippen LogP) is 4.42. The summed E-state index contributed by atoms with van der Waals surface area (Å²) in [6, 6.07) is 17.0. The fraction of sp³-hybridized carbons (Fsp3) is 0.115. The number of hydrogen-bond donors (Lipinski definition) is 1. The highest BCUT2D eigenvalue weighted by Gasteiger charge is 2.22. The standard InChI is InChI=1S/C26H21N3O2/c1-15-12-21-18(10-11-19(25(27)30)22(21)13-15)17-7-5-9-24(16(17)2)29-14-28-23-8-4-3-6-20(23)26(29)31/h3-12,14H,13H2,1-2H3,(H2,27,30). The van der Waals surface area contributed by atoms with Crippen molar-refractivity contribution in [2.24, 2.45) is 5.73 Å². The van der Waals surface area contributed by atoms with Crippen LogP contribution in [0.25, 0.3) is 33.8 Å². The molecule has 1 aliphatic rings. The number of rotatable bonds is 3. The van der Waals surface area contributed by atoms with Gasteiger partial charge in [0.25, 0.3) is 5.56 Å². The molecule has 1 heterocycles. The molecule has 5 rings (SSSR count). The van der Waals surface area contributed by atoms with E-state index in [1.54, 1.807) is 23.0 Å². The summed E-state index contributed by atoms with van der Waals surface area (Å²) in [5.74, 6) is -0.412. The van der Waals surface area contributed by atoms with Crippen LogP contribution in [0.5, 0.6) is 0 Å². The van der Waals surface area contributed by atoms with Crippen molar-refractivity contribution in [3.05, 3.63) is 99.1 Å². The molecule has 0 saturated heterocycles. The lowest BCUT2D eigenvalue weighted by Gasteiger charge is -2.17. The molecule has 5 nitrogen and oxygen atoms in total. The number of nitrogens with zero attached hydrogens (tertiary/aromatic N) is 2. The zero-order valence-electron chi connectivity index (χ0n) is 17.3. The van der Waals surface area contributed by atoms with Gasteiger partial charge >= 0.3 is 0 Å². The van der Waals surface area contributed by atoms with E-state index in [9.17, 15) is 9.59 Å². The summed E-state index contributed by atoms with van der Waals surface area (Å²) >= 11 is 0. The molecule has 3 aromatic carbocycles. The molecule has 0 radical (unpaired) electrons. The van der Waals surface area contributed by atoms with E-state index in [-0.39, 0.29) is 5.56 Å². The van der Waals surface area contributed by atoms with E-state index in [1.165, 1.54) is 5.57 Å². The molecule has 152 valence electrons. The van der Waals surface area contributed by atoms with Gasteiger partial charge in [-0.2, -0.15) is 0 Å². The second kappa shape index (κ2) is 7.06. The van der Waals surface area contributed by atoms with Crippen LogP contribution in [-0.4, -0.2) is 15.5 Å². The zero-order valence-corrected chi connectivity index (χ0v) is 17.3. The number of fused-ring (bicyclic) bond motifs is 2. The van der Waals surface area contributed by atoms with Gasteiger partial charge in [-0.15, -0.1) is 0 Å². The highest BCUT2D eigenvalue weighted by atomic mass is 16.1. The number of primary amides is 1. The minimum atomic E-state index is -0.412. The summed E-state index contributed by atoms with van der Waals surface area (Å²) in [6.07, 6.45) is 4.42. The molecule has 5 heteroatoms. The Labute approximate surface area is 179 Å². The first-order valence-corrected chi connectivity index (χ1v) is 10.2. The summed E-state index contributed by atoms with van der Waals surface area (Å²) in [4.78, 5) is 29.5. The van der Waals surface area contributed by atoms with Gasteiger partial charge < -0.3 is 5.73 Å². The van der Waals surface area contributed by atoms with E-state index in [1.807, 2.05) is 49.4 Å². The number of nitrogens with two attached hydrogens (primary N) is 1. The number of para-hydroxylation sites is 1. The van der Waals surface area contributed by atoms with Crippen LogP contribution in [0.4, 0.5) is 0 Å². The van der Waals surface area contributed by atoms with Gasteiger partial charge in [0, 0.05) is 5.56 Å². The van der Waals surface area contributed by atoms with Crippen molar-refractivity contribution in [3.63, 3.8) is 0 Å². The van der Waals surface area contributed by atoms with Crippen LogP contribution in [-0.2, 0) is 6.42 Å².